The van der Waals surface area contributed by atoms with Gasteiger partial charge in [-0.25, -0.2) is 0 Å². The molecule has 0 heterocycles. The van der Waals surface area contributed by atoms with Crippen molar-refractivity contribution in [3.63, 3.8) is 0 Å². The minimum atomic E-state index is -0.788. The summed E-state index contributed by atoms with van der Waals surface area (Å²) in [6.45, 7) is 0. The van der Waals surface area contributed by atoms with Crippen molar-refractivity contribution in [1.29, 1.82) is 0 Å². The summed E-state index contributed by atoms with van der Waals surface area (Å²) in [6.07, 6.45) is 1.60. The molecule has 0 aliphatic heterocycles. The Labute approximate surface area is 77.2 Å². The fraction of sp³-hybridized carbons (Fsp3) is 0.364. The molecule has 0 amide bonds. The molecule has 13 heavy (non-hydrogen) atoms. The first kappa shape index (κ1) is 8.45. The Morgan fingerprint density at radius 3 is 2.92 bits per heavy atom. The van der Waals surface area contributed by atoms with Crippen LogP contribution in [0.15, 0.2) is 24.3 Å². The van der Waals surface area contributed by atoms with Gasteiger partial charge in [-0.1, -0.05) is 24.3 Å². The van der Waals surface area contributed by atoms with Gasteiger partial charge in [0.2, 0.25) is 0 Å². The standard InChI is InChI=1S/C11H12O2/c12-10-7-3-5-8-4-1-2-6-9(8)11(10)13/h1-2,4,6,10,12H,3,5,7H2/t10-/m0/s1. The molecule has 0 bridgehead atoms. The number of Topliss-reactive ketones (excluding diaryl/α,β-unsaturated/α-hetero) is 1. The fourth-order valence-electron chi connectivity index (χ4n) is 1.78. The Bertz CT molecular complexity index is 331. The van der Waals surface area contributed by atoms with E-state index in [1.165, 1.54) is 0 Å². The van der Waals surface area contributed by atoms with E-state index in [0.29, 0.717) is 12.0 Å². The lowest BCUT2D eigenvalue weighted by Crippen LogP contribution is -2.18. The second kappa shape index (κ2) is 3.30. The molecule has 0 aromatic heterocycles. The zero-order valence-electron chi connectivity index (χ0n) is 7.36. The van der Waals surface area contributed by atoms with Crippen LogP contribution in [0.2, 0.25) is 0 Å². The third-order valence-corrected chi connectivity index (χ3v) is 2.51. The van der Waals surface area contributed by atoms with Crippen LogP contribution in [0.5, 0.6) is 0 Å². The van der Waals surface area contributed by atoms with Crippen LogP contribution in [0.4, 0.5) is 0 Å². The number of aliphatic hydroxyl groups excluding tert-OH is 1. The van der Waals surface area contributed by atoms with Gasteiger partial charge in [-0.3, -0.25) is 4.79 Å². The average Bonchev–Trinajstić information content (AvgIpc) is 2.29. The van der Waals surface area contributed by atoms with Gasteiger partial charge in [0.15, 0.2) is 5.78 Å². The predicted octanol–water partition coefficient (Wildman–Crippen LogP) is 1.57. The van der Waals surface area contributed by atoms with Crippen molar-refractivity contribution >= 4 is 5.78 Å². The maximum Gasteiger partial charge on any atom is 0.191 e. The molecule has 2 heteroatoms. The number of hydrogen-bond acceptors (Lipinski definition) is 2. The molecule has 1 aliphatic carbocycles. The zero-order chi connectivity index (χ0) is 9.26. The molecule has 1 aromatic carbocycles. The maximum absolute atomic E-state index is 11.6. The lowest BCUT2D eigenvalue weighted by Gasteiger charge is -2.05. The smallest absolute Gasteiger partial charge is 0.191 e. The third-order valence-electron chi connectivity index (χ3n) is 2.51. The minimum absolute atomic E-state index is 0.117. The van der Waals surface area contributed by atoms with Crippen LogP contribution in [0.3, 0.4) is 0 Å². The molecule has 2 nitrogen and oxygen atoms in total. The molecule has 0 fully saturated rings. The van der Waals surface area contributed by atoms with E-state index in [9.17, 15) is 9.90 Å². The van der Waals surface area contributed by atoms with E-state index in [4.69, 9.17) is 0 Å². The fourth-order valence-corrected chi connectivity index (χ4v) is 1.78. The molecule has 0 spiro atoms. The van der Waals surface area contributed by atoms with Gasteiger partial charge in [-0.15, -0.1) is 0 Å². The Balaban J connectivity index is 2.46. The summed E-state index contributed by atoms with van der Waals surface area (Å²) >= 11 is 0. The Kier molecular flexibility index (Phi) is 2.15. The first-order valence-corrected chi connectivity index (χ1v) is 4.59. The molecular formula is C11H12O2. The predicted molar refractivity (Wildman–Crippen MR) is 49.7 cm³/mol. The van der Waals surface area contributed by atoms with E-state index in [1.807, 2.05) is 18.2 Å². The molecule has 68 valence electrons. The normalized spacial score (nSPS) is 22.2. The monoisotopic (exact) mass is 176 g/mol. The summed E-state index contributed by atoms with van der Waals surface area (Å²) in [5, 5.41) is 9.45. The summed E-state index contributed by atoms with van der Waals surface area (Å²) in [5.74, 6) is -0.117. The summed E-state index contributed by atoms with van der Waals surface area (Å²) in [5.41, 5.74) is 1.77. The number of benzene rings is 1. The number of carbonyl (C=O) groups is 1. The van der Waals surface area contributed by atoms with Crippen molar-refractivity contribution in [1.82, 2.24) is 0 Å². The van der Waals surface area contributed by atoms with Crippen molar-refractivity contribution < 1.29 is 9.90 Å². The quantitative estimate of drug-likeness (QED) is 0.609. The molecule has 0 saturated carbocycles. The zero-order valence-corrected chi connectivity index (χ0v) is 7.36. The molecular weight excluding hydrogens is 164 g/mol. The van der Waals surface area contributed by atoms with Crippen LogP contribution in [0.25, 0.3) is 0 Å². The number of hydrogen-bond donors (Lipinski definition) is 1. The van der Waals surface area contributed by atoms with Crippen LogP contribution >= 0.6 is 0 Å². The highest BCUT2D eigenvalue weighted by Crippen LogP contribution is 2.20. The molecule has 2 rings (SSSR count). The largest absolute Gasteiger partial charge is 0.385 e. The van der Waals surface area contributed by atoms with Crippen molar-refractivity contribution in [2.75, 3.05) is 0 Å². The highest BCUT2D eigenvalue weighted by Gasteiger charge is 2.22. The lowest BCUT2D eigenvalue weighted by atomic mass is 10.0. The van der Waals surface area contributed by atoms with Gasteiger partial charge in [-0.2, -0.15) is 0 Å². The minimum Gasteiger partial charge on any atom is -0.385 e. The SMILES string of the molecule is O=C1c2ccccc2CCC[C@@H]1O. The Morgan fingerprint density at radius 1 is 1.31 bits per heavy atom. The topological polar surface area (TPSA) is 37.3 Å². The Hall–Kier alpha value is -1.15. The molecule has 1 aliphatic rings. The van der Waals surface area contributed by atoms with Gasteiger partial charge in [0.05, 0.1) is 0 Å². The summed E-state index contributed by atoms with van der Waals surface area (Å²) < 4.78 is 0. The number of carbonyl (C=O) groups excluding carboxylic acids is 1. The van der Waals surface area contributed by atoms with Gasteiger partial charge < -0.3 is 5.11 Å². The van der Waals surface area contributed by atoms with Gasteiger partial charge in [-0.05, 0) is 24.8 Å². The van der Waals surface area contributed by atoms with E-state index in [0.717, 1.165) is 18.4 Å². The van der Waals surface area contributed by atoms with Crippen LogP contribution in [0.1, 0.15) is 28.8 Å². The molecule has 0 saturated heterocycles. The number of rotatable bonds is 0. The molecule has 1 atom stereocenters. The van der Waals surface area contributed by atoms with Crippen LogP contribution in [-0.4, -0.2) is 17.0 Å². The van der Waals surface area contributed by atoms with Crippen LogP contribution in [-0.2, 0) is 6.42 Å². The van der Waals surface area contributed by atoms with Crippen molar-refractivity contribution in [3.8, 4) is 0 Å². The van der Waals surface area contributed by atoms with E-state index in [-0.39, 0.29) is 5.78 Å². The van der Waals surface area contributed by atoms with Gasteiger partial charge in [0.25, 0.3) is 0 Å². The summed E-state index contributed by atoms with van der Waals surface area (Å²) in [4.78, 5) is 11.6. The van der Waals surface area contributed by atoms with Gasteiger partial charge in [0.1, 0.15) is 6.10 Å². The molecule has 0 radical (unpaired) electrons. The number of aryl methyl sites for hydroxylation is 1. The van der Waals surface area contributed by atoms with Gasteiger partial charge >= 0.3 is 0 Å². The van der Waals surface area contributed by atoms with E-state index < -0.39 is 6.10 Å². The van der Waals surface area contributed by atoms with E-state index >= 15 is 0 Å². The van der Waals surface area contributed by atoms with Crippen LogP contribution in [0, 0.1) is 0 Å². The summed E-state index contributed by atoms with van der Waals surface area (Å²) in [7, 11) is 0. The van der Waals surface area contributed by atoms with E-state index in [1.54, 1.807) is 6.07 Å². The lowest BCUT2D eigenvalue weighted by molar-refractivity contribution is 0.0735. The van der Waals surface area contributed by atoms with Crippen molar-refractivity contribution in [2.24, 2.45) is 0 Å². The first-order chi connectivity index (χ1) is 6.29. The average molecular weight is 176 g/mol. The van der Waals surface area contributed by atoms with Crippen molar-refractivity contribution in [3.05, 3.63) is 35.4 Å². The highest BCUT2D eigenvalue weighted by atomic mass is 16.3. The highest BCUT2D eigenvalue weighted by molar-refractivity contribution is 6.00. The number of fused-ring (bicyclic) bond motifs is 1. The molecule has 1 N–H and O–H groups in total. The maximum atomic E-state index is 11.6. The first-order valence-electron chi connectivity index (χ1n) is 4.59. The van der Waals surface area contributed by atoms with E-state index in [2.05, 4.69) is 0 Å². The second-order valence-electron chi connectivity index (χ2n) is 3.43. The summed E-state index contributed by atoms with van der Waals surface area (Å²) in [6, 6.07) is 7.54. The number of aliphatic hydroxyl groups is 1. The second-order valence-corrected chi connectivity index (χ2v) is 3.43. The van der Waals surface area contributed by atoms with Gasteiger partial charge in [0, 0.05) is 5.56 Å². The third kappa shape index (κ3) is 1.49. The number of ketones is 1. The van der Waals surface area contributed by atoms with Crippen LogP contribution < -0.4 is 0 Å². The molecule has 1 aromatic rings. The Morgan fingerprint density at radius 2 is 2.08 bits per heavy atom. The molecule has 0 unspecified atom stereocenters. The van der Waals surface area contributed by atoms with Crippen molar-refractivity contribution in [2.45, 2.75) is 25.4 Å².